The van der Waals surface area contributed by atoms with Crippen LogP contribution < -0.4 is 15.4 Å². The number of nitrogens with zero attached hydrogens (tertiary/aromatic N) is 1. The van der Waals surface area contributed by atoms with E-state index >= 15 is 0 Å². The number of aryl methyl sites for hydroxylation is 1. The van der Waals surface area contributed by atoms with Gasteiger partial charge in [-0.05, 0) is 37.5 Å². The summed E-state index contributed by atoms with van der Waals surface area (Å²) in [6.07, 6.45) is 0.922. The van der Waals surface area contributed by atoms with Crippen molar-refractivity contribution in [3.63, 3.8) is 0 Å². The average Bonchev–Trinajstić information content (AvgIpc) is 2.49. The van der Waals surface area contributed by atoms with Crippen LogP contribution in [0.2, 0.25) is 0 Å². The van der Waals surface area contributed by atoms with Crippen molar-refractivity contribution in [3.05, 3.63) is 29.3 Å². The van der Waals surface area contributed by atoms with Crippen LogP contribution in [0.5, 0.6) is 5.75 Å². The van der Waals surface area contributed by atoms with Crippen molar-refractivity contribution in [2.24, 2.45) is 4.99 Å². The van der Waals surface area contributed by atoms with Crippen molar-refractivity contribution in [2.45, 2.75) is 20.3 Å². The smallest absolute Gasteiger partial charge is 0.191 e. The van der Waals surface area contributed by atoms with E-state index in [2.05, 4.69) is 40.7 Å². The van der Waals surface area contributed by atoms with Gasteiger partial charge in [-0.2, -0.15) is 0 Å². The molecule has 5 heteroatoms. The van der Waals surface area contributed by atoms with Crippen LogP contribution in [-0.4, -0.2) is 46.4 Å². The summed E-state index contributed by atoms with van der Waals surface area (Å²) in [5.74, 6) is 1.77. The standard InChI is InChI=1S/C16H27N3O2/c1-5-17-16(19-10-11-20-3)18-9-8-14-7-6-13(2)15(12-14)21-4/h6-7,12H,5,8-11H2,1-4H3,(H2,17,18,19). The molecule has 118 valence electrons. The van der Waals surface area contributed by atoms with Crippen molar-refractivity contribution in [1.82, 2.24) is 10.6 Å². The summed E-state index contributed by atoms with van der Waals surface area (Å²) in [5.41, 5.74) is 2.40. The number of rotatable bonds is 8. The van der Waals surface area contributed by atoms with Crippen molar-refractivity contribution in [2.75, 3.05) is 40.5 Å². The Morgan fingerprint density at radius 1 is 1.24 bits per heavy atom. The van der Waals surface area contributed by atoms with Crippen LogP contribution in [0, 0.1) is 6.92 Å². The quantitative estimate of drug-likeness (QED) is 0.435. The van der Waals surface area contributed by atoms with E-state index in [1.807, 2.05) is 6.92 Å². The summed E-state index contributed by atoms with van der Waals surface area (Å²) >= 11 is 0. The highest BCUT2D eigenvalue weighted by Gasteiger charge is 2.01. The topological polar surface area (TPSA) is 54.9 Å². The molecule has 0 radical (unpaired) electrons. The molecule has 1 aromatic rings. The van der Waals surface area contributed by atoms with Crippen molar-refractivity contribution < 1.29 is 9.47 Å². The lowest BCUT2D eigenvalue weighted by atomic mass is 10.1. The first-order valence-corrected chi connectivity index (χ1v) is 7.35. The number of aliphatic imine (C=N–C) groups is 1. The zero-order valence-electron chi connectivity index (χ0n) is 13.5. The van der Waals surface area contributed by atoms with E-state index in [0.717, 1.165) is 36.8 Å². The van der Waals surface area contributed by atoms with Gasteiger partial charge in [0.15, 0.2) is 5.96 Å². The molecular weight excluding hydrogens is 266 g/mol. The second-order valence-electron chi connectivity index (χ2n) is 4.73. The normalized spacial score (nSPS) is 11.3. The minimum atomic E-state index is 0.631. The molecule has 0 fully saturated rings. The van der Waals surface area contributed by atoms with Crippen LogP contribution in [0.25, 0.3) is 0 Å². The van der Waals surface area contributed by atoms with Gasteiger partial charge >= 0.3 is 0 Å². The summed E-state index contributed by atoms with van der Waals surface area (Å²) < 4.78 is 10.4. The number of hydrogen-bond donors (Lipinski definition) is 2. The summed E-state index contributed by atoms with van der Waals surface area (Å²) in [6.45, 7) is 7.06. The molecule has 0 aliphatic carbocycles. The minimum absolute atomic E-state index is 0.631. The van der Waals surface area contributed by atoms with Gasteiger partial charge in [0.25, 0.3) is 0 Å². The molecule has 2 N–H and O–H groups in total. The number of benzene rings is 1. The fourth-order valence-electron chi connectivity index (χ4n) is 1.94. The summed E-state index contributed by atoms with van der Waals surface area (Å²) in [7, 11) is 3.39. The molecule has 0 aliphatic rings. The number of ether oxygens (including phenoxy) is 2. The summed E-state index contributed by atoms with van der Waals surface area (Å²) in [6, 6.07) is 6.31. The minimum Gasteiger partial charge on any atom is -0.496 e. The molecule has 0 saturated carbocycles. The molecule has 0 aliphatic heterocycles. The third-order valence-electron chi connectivity index (χ3n) is 3.09. The second kappa shape index (κ2) is 10.0. The molecule has 1 aromatic carbocycles. The SMILES string of the molecule is CCNC(=NCCOC)NCCc1ccc(C)c(OC)c1. The van der Waals surface area contributed by atoms with Gasteiger partial charge in [0, 0.05) is 20.2 Å². The van der Waals surface area contributed by atoms with Gasteiger partial charge in [0.1, 0.15) is 5.75 Å². The van der Waals surface area contributed by atoms with E-state index in [-0.39, 0.29) is 0 Å². The van der Waals surface area contributed by atoms with Gasteiger partial charge in [-0.1, -0.05) is 12.1 Å². The Bertz CT molecular complexity index is 447. The molecule has 0 heterocycles. The van der Waals surface area contributed by atoms with Crippen LogP contribution in [0.3, 0.4) is 0 Å². The second-order valence-corrected chi connectivity index (χ2v) is 4.73. The molecule has 0 saturated heterocycles. The van der Waals surface area contributed by atoms with Crippen molar-refractivity contribution in [1.29, 1.82) is 0 Å². The maximum absolute atomic E-state index is 5.35. The largest absolute Gasteiger partial charge is 0.496 e. The zero-order valence-corrected chi connectivity index (χ0v) is 13.5. The van der Waals surface area contributed by atoms with Gasteiger partial charge in [-0.3, -0.25) is 4.99 Å². The Morgan fingerprint density at radius 2 is 2.05 bits per heavy atom. The molecule has 5 nitrogen and oxygen atoms in total. The Morgan fingerprint density at radius 3 is 2.71 bits per heavy atom. The lowest BCUT2D eigenvalue weighted by Gasteiger charge is -2.12. The monoisotopic (exact) mass is 293 g/mol. The van der Waals surface area contributed by atoms with E-state index in [9.17, 15) is 0 Å². The maximum Gasteiger partial charge on any atom is 0.191 e. The Kier molecular flexibility index (Phi) is 8.28. The third-order valence-corrected chi connectivity index (χ3v) is 3.09. The maximum atomic E-state index is 5.35. The van der Waals surface area contributed by atoms with Gasteiger partial charge in [0.2, 0.25) is 0 Å². The molecule has 0 aromatic heterocycles. The molecule has 0 spiro atoms. The predicted octanol–water partition coefficient (Wildman–Crippen LogP) is 1.75. The van der Waals surface area contributed by atoms with E-state index in [4.69, 9.17) is 9.47 Å². The highest BCUT2D eigenvalue weighted by molar-refractivity contribution is 5.79. The molecule has 0 amide bonds. The van der Waals surface area contributed by atoms with E-state index in [1.54, 1.807) is 14.2 Å². The Labute approximate surface area is 127 Å². The number of guanidine groups is 1. The van der Waals surface area contributed by atoms with Crippen molar-refractivity contribution in [3.8, 4) is 5.75 Å². The molecule has 1 rings (SSSR count). The van der Waals surface area contributed by atoms with Crippen LogP contribution >= 0.6 is 0 Å². The Hall–Kier alpha value is -1.75. The fourth-order valence-corrected chi connectivity index (χ4v) is 1.94. The first-order chi connectivity index (χ1) is 10.2. The summed E-state index contributed by atoms with van der Waals surface area (Å²) in [5, 5.41) is 6.54. The van der Waals surface area contributed by atoms with Crippen LogP contribution in [0.1, 0.15) is 18.1 Å². The van der Waals surface area contributed by atoms with Gasteiger partial charge in [-0.25, -0.2) is 0 Å². The average molecular weight is 293 g/mol. The van der Waals surface area contributed by atoms with Gasteiger partial charge < -0.3 is 20.1 Å². The molecule has 21 heavy (non-hydrogen) atoms. The van der Waals surface area contributed by atoms with E-state index < -0.39 is 0 Å². The zero-order chi connectivity index (χ0) is 15.5. The highest BCUT2D eigenvalue weighted by Crippen LogP contribution is 2.18. The van der Waals surface area contributed by atoms with Crippen LogP contribution in [0.4, 0.5) is 0 Å². The lowest BCUT2D eigenvalue weighted by Crippen LogP contribution is -2.38. The molecular formula is C16H27N3O2. The predicted molar refractivity (Wildman–Crippen MR) is 87.3 cm³/mol. The van der Waals surface area contributed by atoms with Crippen LogP contribution in [0.15, 0.2) is 23.2 Å². The fraction of sp³-hybridized carbons (Fsp3) is 0.562. The molecule has 0 unspecified atom stereocenters. The van der Waals surface area contributed by atoms with Crippen molar-refractivity contribution >= 4 is 5.96 Å². The van der Waals surface area contributed by atoms with Gasteiger partial charge in [-0.15, -0.1) is 0 Å². The Balaban J connectivity index is 2.47. The first-order valence-electron chi connectivity index (χ1n) is 7.35. The lowest BCUT2D eigenvalue weighted by molar-refractivity contribution is 0.208. The summed E-state index contributed by atoms with van der Waals surface area (Å²) in [4.78, 5) is 4.43. The van der Waals surface area contributed by atoms with Gasteiger partial charge in [0.05, 0.1) is 20.3 Å². The first kappa shape index (κ1) is 17.3. The molecule has 0 atom stereocenters. The molecule has 0 bridgehead atoms. The number of methoxy groups -OCH3 is 2. The number of nitrogens with one attached hydrogen (secondary N) is 2. The van der Waals surface area contributed by atoms with Crippen LogP contribution in [-0.2, 0) is 11.2 Å². The van der Waals surface area contributed by atoms with E-state index in [0.29, 0.717) is 13.2 Å². The van der Waals surface area contributed by atoms with E-state index in [1.165, 1.54) is 5.56 Å². The number of hydrogen-bond acceptors (Lipinski definition) is 3. The third kappa shape index (κ3) is 6.49. The highest BCUT2D eigenvalue weighted by atomic mass is 16.5.